The van der Waals surface area contributed by atoms with Crippen LogP contribution in [0.5, 0.6) is 0 Å². The van der Waals surface area contributed by atoms with E-state index in [0.29, 0.717) is 0 Å². The second kappa shape index (κ2) is 5.13. The predicted molar refractivity (Wildman–Crippen MR) is 66.6 cm³/mol. The number of hydrogen-bond donors (Lipinski definition) is 1. The van der Waals surface area contributed by atoms with E-state index in [4.69, 9.17) is 16.7 Å². The highest BCUT2D eigenvalue weighted by Gasteiger charge is 2.34. The van der Waals surface area contributed by atoms with Crippen molar-refractivity contribution in [1.29, 1.82) is 0 Å². The van der Waals surface area contributed by atoms with Gasteiger partial charge in [0.05, 0.1) is 21.8 Å². The lowest BCUT2D eigenvalue weighted by Gasteiger charge is -2.13. The molecule has 1 aromatic carbocycles. The zero-order chi connectivity index (χ0) is 14.9. The van der Waals surface area contributed by atoms with Crippen LogP contribution in [0.1, 0.15) is 15.9 Å². The van der Waals surface area contributed by atoms with Gasteiger partial charge >= 0.3 is 12.1 Å². The van der Waals surface area contributed by atoms with Gasteiger partial charge in [0.2, 0.25) is 0 Å². The van der Waals surface area contributed by atoms with E-state index in [-0.39, 0.29) is 21.8 Å². The van der Waals surface area contributed by atoms with Crippen LogP contribution >= 0.6 is 11.6 Å². The second-order valence-corrected chi connectivity index (χ2v) is 4.33. The van der Waals surface area contributed by atoms with Gasteiger partial charge in [0, 0.05) is 11.8 Å². The SMILES string of the molecule is O=C(O)c1cc(Cl)cnc1-c1ccccc1C(F)(F)F. The van der Waals surface area contributed by atoms with Crippen LogP contribution in [0.4, 0.5) is 13.2 Å². The molecule has 20 heavy (non-hydrogen) atoms. The van der Waals surface area contributed by atoms with E-state index in [0.717, 1.165) is 18.3 Å². The molecule has 0 spiro atoms. The highest BCUT2D eigenvalue weighted by atomic mass is 35.5. The summed E-state index contributed by atoms with van der Waals surface area (Å²) >= 11 is 5.63. The molecule has 0 aliphatic rings. The lowest BCUT2D eigenvalue weighted by Crippen LogP contribution is -2.09. The highest BCUT2D eigenvalue weighted by Crippen LogP contribution is 2.37. The van der Waals surface area contributed by atoms with Gasteiger partial charge in [-0.15, -0.1) is 0 Å². The summed E-state index contributed by atoms with van der Waals surface area (Å²) in [6.45, 7) is 0. The number of carboxylic acids is 1. The van der Waals surface area contributed by atoms with E-state index < -0.39 is 17.7 Å². The van der Waals surface area contributed by atoms with Gasteiger partial charge < -0.3 is 5.11 Å². The summed E-state index contributed by atoms with van der Waals surface area (Å²) in [4.78, 5) is 14.9. The van der Waals surface area contributed by atoms with Crippen molar-refractivity contribution in [2.75, 3.05) is 0 Å². The Kier molecular flexibility index (Phi) is 3.67. The van der Waals surface area contributed by atoms with Gasteiger partial charge in [-0.3, -0.25) is 4.98 Å². The number of aromatic nitrogens is 1. The number of halogens is 4. The molecule has 0 fully saturated rings. The van der Waals surface area contributed by atoms with E-state index in [2.05, 4.69) is 4.98 Å². The van der Waals surface area contributed by atoms with Crippen LogP contribution in [0, 0.1) is 0 Å². The Morgan fingerprint density at radius 2 is 1.90 bits per heavy atom. The maximum absolute atomic E-state index is 12.9. The molecular formula is C13H7ClF3NO2. The van der Waals surface area contributed by atoms with Crippen molar-refractivity contribution < 1.29 is 23.1 Å². The van der Waals surface area contributed by atoms with E-state index in [1.807, 2.05) is 0 Å². The minimum Gasteiger partial charge on any atom is -0.478 e. The van der Waals surface area contributed by atoms with Crippen LogP contribution in [0.3, 0.4) is 0 Å². The first-order valence-corrected chi connectivity index (χ1v) is 5.74. The van der Waals surface area contributed by atoms with Gasteiger partial charge in [0.25, 0.3) is 0 Å². The number of pyridine rings is 1. The van der Waals surface area contributed by atoms with Gasteiger partial charge in [0.15, 0.2) is 0 Å². The van der Waals surface area contributed by atoms with Crippen LogP contribution in [0.2, 0.25) is 5.02 Å². The number of carboxylic acid groups (broad SMARTS) is 1. The molecule has 0 unspecified atom stereocenters. The van der Waals surface area contributed by atoms with E-state index in [1.165, 1.54) is 18.2 Å². The largest absolute Gasteiger partial charge is 0.478 e. The molecule has 0 saturated heterocycles. The van der Waals surface area contributed by atoms with Gasteiger partial charge in [-0.2, -0.15) is 13.2 Å². The monoisotopic (exact) mass is 301 g/mol. The first-order valence-electron chi connectivity index (χ1n) is 5.36. The molecule has 3 nitrogen and oxygen atoms in total. The molecule has 0 radical (unpaired) electrons. The maximum Gasteiger partial charge on any atom is 0.417 e. The fraction of sp³-hybridized carbons (Fsp3) is 0.0769. The average Bonchev–Trinajstić information content (AvgIpc) is 2.37. The number of rotatable bonds is 2. The summed E-state index contributed by atoms with van der Waals surface area (Å²) < 4.78 is 38.8. The minimum atomic E-state index is -4.60. The molecule has 0 aliphatic heterocycles. The van der Waals surface area contributed by atoms with E-state index >= 15 is 0 Å². The Bertz CT molecular complexity index is 671. The molecule has 0 amide bonds. The van der Waals surface area contributed by atoms with Gasteiger partial charge in [0.1, 0.15) is 0 Å². The number of carbonyl (C=O) groups is 1. The second-order valence-electron chi connectivity index (χ2n) is 3.90. The Morgan fingerprint density at radius 1 is 1.25 bits per heavy atom. The molecule has 0 bridgehead atoms. The normalized spacial score (nSPS) is 11.4. The van der Waals surface area contributed by atoms with Crippen LogP contribution in [-0.4, -0.2) is 16.1 Å². The van der Waals surface area contributed by atoms with Crippen LogP contribution in [0.25, 0.3) is 11.3 Å². The lowest BCUT2D eigenvalue weighted by atomic mass is 10.00. The summed E-state index contributed by atoms with van der Waals surface area (Å²) in [5, 5.41) is 9.10. The smallest absolute Gasteiger partial charge is 0.417 e. The molecule has 0 aliphatic carbocycles. The summed E-state index contributed by atoms with van der Waals surface area (Å²) in [5.41, 5.74) is -1.89. The molecule has 2 rings (SSSR count). The van der Waals surface area contributed by atoms with Crippen LogP contribution in [-0.2, 0) is 6.18 Å². The van der Waals surface area contributed by atoms with Crippen LogP contribution < -0.4 is 0 Å². The number of benzene rings is 1. The highest BCUT2D eigenvalue weighted by molar-refractivity contribution is 6.30. The lowest BCUT2D eigenvalue weighted by molar-refractivity contribution is -0.137. The first-order chi connectivity index (χ1) is 9.30. The molecule has 1 aromatic heterocycles. The third-order valence-electron chi connectivity index (χ3n) is 2.57. The molecule has 2 aromatic rings. The van der Waals surface area contributed by atoms with Crippen molar-refractivity contribution in [2.24, 2.45) is 0 Å². The zero-order valence-electron chi connectivity index (χ0n) is 9.78. The first kappa shape index (κ1) is 14.3. The fourth-order valence-corrected chi connectivity index (χ4v) is 1.91. The summed E-state index contributed by atoms with van der Waals surface area (Å²) in [6.07, 6.45) is -3.50. The maximum atomic E-state index is 12.9. The summed E-state index contributed by atoms with van der Waals surface area (Å²) in [6, 6.07) is 5.72. The Morgan fingerprint density at radius 3 is 2.50 bits per heavy atom. The number of alkyl halides is 3. The van der Waals surface area contributed by atoms with Gasteiger partial charge in [-0.05, 0) is 12.1 Å². The van der Waals surface area contributed by atoms with Crippen molar-refractivity contribution in [1.82, 2.24) is 4.98 Å². The molecule has 7 heteroatoms. The quantitative estimate of drug-likeness (QED) is 0.907. The topological polar surface area (TPSA) is 50.2 Å². The van der Waals surface area contributed by atoms with Gasteiger partial charge in [-0.1, -0.05) is 29.8 Å². The van der Waals surface area contributed by atoms with E-state index in [1.54, 1.807) is 0 Å². The fourth-order valence-electron chi connectivity index (χ4n) is 1.75. The van der Waals surface area contributed by atoms with Crippen LogP contribution in [0.15, 0.2) is 36.5 Å². The Labute approximate surface area is 116 Å². The molecular weight excluding hydrogens is 295 g/mol. The third-order valence-corrected chi connectivity index (χ3v) is 2.78. The van der Waals surface area contributed by atoms with Crippen molar-refractivity contribution in [2.45, 2.75) is 6.18 Å². The van der Waals surface area contributed by atoms with Crippen molar-refractivity contribution in [3.05, 3.63) is 52.7 Å². The Balaban J connectivity index is 2.73. The molecule has 1 heterocycles. The predicted octanol–water partition coefficient (Wildman–Crippen LogP) is 4.12. The standard InChI is InChI=1S/C13H7ClF3NO2/c14-7-5-9(12(19)20)11(18-6-7)8-3-1-2-4-10(8)13(15,16)17/h1-6H,(H,19,20). The minimum absolute atomic E-state index is 0.0376. The molecule has 104 valence electrons. The molecule has 0 saturated carbocycles. The summed E-state index contributed by atoms with van der Waals surface area (Å²) in [7, 11) is 0. The number of aromatic carboxylic acids is 1. The van der Waals surface area contributed by atoms with Crippen molar-refractivity contribution in [3.8, 4) is 11.3 Å². The Hall–Kier alpha value is -2.08. The van der Waals surface area contributed by atoms with E-state index in [9.17, 15) is 18.0 Å². The molecule has 0 atom stereocenters. The third kappa shape index (κ3) is 2.75. The average molecular weight is 302 g/mol. The van der Waals surface area contributed by atoms with Crippen molar-refractivity contribution >= 4 is 17.6 Å². The summed E-state index contributed by atoms with van der Waals surface area (Å²) in [5.74, 6) is -1.40. The number of hydrogen-bond acceptors (Lipinski definition) is 2. The van der Waals surface area contributed by atoms with Gasteiger partial charge in [-0.25, -0.2) is 4.79 Å². The number of nitrogens with zero attached hydrogens (tertiary/aromatic N) is 1. The van der Waals surface area contributed by atoms with Crippen molar-refractivity contribution in [3.63, 3.8) is 0 Å². The molecule has 1 N–H and O–H groups in total. The zero-order valence-corrected chi connectivity index (χ0v) is 10.5.